The molecule has 3 heterocycles. The average molecular weight is 615 g/mol. The van der Waals surface area contributed by atoms with Crippen molar-refractivity contribution in [2.24, 2.45) is 4.99 Å². The molecule has 44 heavy (non-hydrogen) atoms. The van der Waals surface area contributed by atoms with Gasteiger partial charge in [-0.2, -0.15) is 0 Å². The van der Waals surface area contributed by atoms with Crippen molar-refractivity contribution in [2.45, 2.75) is 60.6 Å². The lowest BCUT2D eigenvalue weighted by atomic mass is 9.95. The zero-order valence-electron chi connectivity index (χ0n) is 25.7. The number of fused-ring (bicyclic) bond motifs is 1. The maximum atomic E-state index is 14.2. The van der Waals surface area contributed by atoms with Gasteiger partial charge in [-0.05, 0) is 83.9 Å². The molecule has 0 saturated carbocycles. The van der Waals surface area contributed by atoms with Crippen molar-refractivity contribution in [3.05, 3.63) is 118 Å². The number of aryl methyl sites for hydroxylation is 2. The van der Waals surface area contributed by atoms with Gasteiger partial charge in [0.15, 0.2) is 4.80 Å². The summed E-state index contributed by atoms with van der Waals surface area (Å²) in [6.07, 6.45) is 1.71. The molecule has 0 unspecified atom stereocenters. The van der Waals surface area contributed by atoms with Gasteiger partial charge in [0.2, 0.25) is 0 Å². The molecule has 1 atom stereocenters. The fourth-order valence-corrected chi connectivity index (χ4v) is 6.64. The molecule has 0 radical (unpaired) electrons. The minimum Gasteiger partial charge on any atom is -0.491 e. The summed E-state index contributed by atoms with van der Waals surface area (Å²) in [5.41, 5.74) is 5.37. The molecule has 5 rings (SSSR count). The van der Waals surface area contributed by atoms with Gasteiger partial charge in [-0.1, -0.05) is 29.5 Å². The van der Waals surface area contributed by atoms with E-state index in [9.17, 15) is 19.7 Å². The summed E-state index contributed by atoms with van der Waals surface area (Å²) in [6.45, 7) is 13.2. The maximum absolute atomic E-state index is 14.2. The molecule has 4 aromatic rings. The highest BCUT2D eigenvalue weighted by molar-refractivity contribution is 7.07. The Kier molecular flexibility index (Phi) is 8.42. The Labute approximate surface area is 258 Å². The molecular formula is C33H34N4O6S. The first kappa shape index (κ1) is 30.7. The van der Waals surface area contributed by atoms with Crippen molar-refractivity contribution < 1.29 is 19.2 Å². The number of para-hydroxylation sites is 1. The van der Waals surface area contributed by atoms with E-state index in [4.69, 9.17) is 9.47 Å². The number of aromatic nitrogens is 2. The smallest absolute Gasteiger partial charge is 0.338 e. The number of nitro benzene ring substituents is 1. The highest BCUT2D eigenvalue weighted by Gasteiger charge is 2.35. The average Bonchev–Trinajstić information content (AvgIpc) is 3.41. The third-order valence-corrected chi connectivity index (χ3v) is 8.47. The summed E-state index contributed by atoms with van der Waals surface area (Å²) in [6, 6.07) is 13.4. The van der Waals surface area contributed by atoms with E-state index in [1.165, 1.54) is 17.4 Å². The minimum absolute atomic E-state index is 0.0300. The number of rotatable bonds is 8. The molecular weight excluding hydrogens is 580 g/mol. The van der Waals surface area contributed by atoms with Gasteiger partial charge >= 0.3 is 5.97 Å². The summed E-state index contributed by atoms with van der Waals surface area (Å²) < 4.78 is 15.6. The van der Waals surface area contributed by atoms with Gasteiger partial charge in [-0.15, -0.1) is 0 Å². The van der Waals surface area contributed by atoms with Gasteiger partial charge in [0.25, 0.3) is 11.2 Å². The zero-order valence-corrected chi connectivity index (χ0v) is 26.5. The highest BCUT2D eigenvalue weighted by atomic mass is 32.1. The van der Waals surface area contributed by atoms with Gasteiger partial charge in [-0.3, -0.25) is 19.5 Å². The molecule has 0 saturated heterocycles. The number of ether oxygens (including phenoxy) is 2. The molecule has 0 fully saturated rings. The second kappa shape index (κ2) is 12.1. The van der Waals surface area contributed by atoms with Crippen molar-refractivity contribution >= 4 is 29.1 Å². The molecule has 10 nitrogen and oxygen atoms in total. The summed E-state index contributed by atoms with van der Waals surface area (Å²) in [4.78, 5) is 43.5. The number of non-ortho nitro benzene ring substituents is 1. The van der Waals surface area contributed by atoms with Crippen LogP contribution in [-0.4, -0.2) is 32.7 Å². The Bertz CT molecular complexity index is 2010. The molecule has 228 valence electrons. The fourth-order valence-electron chi connectivity index (χ4n) is 5.60. The Morgan fingerprint density at radius 1 is 1.14 bits per heavy atom. The van der Waals surface area contributed by atoms with Crippen LogP contribution < -0.4 is 19.6 Å². The van der Waals surface area contributed by atoms with Gasteiger partial charge in [0.1, 0.15) is 11.8 Å². The van der Waals surface area contributed by atoms with Crippen LogP contribution in [-0.2, 0) is 9.53 Å². The first-order chi connectivity index (χ1) is 20.9. The standard InChI is InChI=1S/C33H34N4O6S/c1-8-42-32(39)29-21(6)34-33-36(30(29)25-11-9-10-12-27(25)43-18(2)3)31(38)28(44-33)17-23-16-20(5)35(22(23)7)26-14-13-24(37(40)41)15-19(26)4/h9-18,30H,8H2,1-7H3/b28-17+/t30-/m0/s1. The largest absolute Gasteiger partial charge is 0.491 e. The summed E-state index contributed by atoms with van der Waals surface area (Å²) in [5, 5.41) is 11.3. The number of benzene rings is 2. The Morgan fingerprint density at radius 2 is 1.86 bits per heavy atom. The lowest BCUT2D eigenvalue weighted by Gasteiger charge is -2.26. The molecule has 1 aliphatic heterocycles. The lowest BCUT2D eigenvalue weighted by Crippen LogP contribution is -2.40. The fraction of sp³-hybridized carbons (Fsp3) is 0.303. The van der Waals surface area contributed by atoms with E-state index in [2.05, 4.69) is 4.99 Å². The highest BCUT2D eigenvalue weighted by Crippen LogP contribution is 2.36. The van der Waals surface area contributed by atoms with Crippen LogP contribution in [0.1, 0.15) is 61.8 Å². The van der Waals surface area contributed by atoms with E-state index >= 15 is 0 Å². The molecule has 0 bridgehead atoms. The molecule has 0 spiro atoms. The molecule has 1 aliphatic rings. The van der Waals surface area contributed by atoms with Gasteiger partial charge in [0, 0.05) is 34.8 Å². The SMILES string of the molecule is CCOC(=O)C1=C(C)N=c2s/c(=C/c3cc(C)n(-c4ccc([N+](=O)[O-])cc4C)c3C)c(=O)n2[C@H]1c1ccccc1OC(C)C. The molecule has 0 N–H and O–H groups in total. The Hall–Kier alpha value is -4.77. The normalized spacial score (nSPS) is 14.9. The van der Waals surface area contributed by atoms with Crippen molar-refractivity contribution in [1.29, 1.82) is 0 Å². The van der Waals surface area contributed by atoms with Gasteiger partial charge in [0.05, 0.1) is 33.4 Å². The van der Waals surface area contributed by atoms with Crippen LogP contribution in [0.3, 0.4) is 0 Å². The van der Waals surface area contributed by atoms with Crippen LogP contribution in [0.25, 0.3) is 11.8 Å². The predicted molar refractivity (Wildman–Crippen MR) is 169 cm³/mol. The maximum Gasteiger partial charge on any atom is 0.338 e. The van der Waals surface area contributed by atoms with Crippen molar-refractivity contribution in [3.63, 3.8) is 0 Å². The van der Waals surface area contributed by atoms with Crippen LogP contribution in [0, 0.1) is 30.9 Å². The number of carbonyl (C=O) groups is 1. The number of carbonyl (C=O) groups excluding carboxylic acids is 1. The van der Waals surface area contributed by atoms with Crippen LogP contribution in [0.5, 0.6) is 5.75 Å². The van der Waals surface area contributed by atoms with Crippen molar-refractivity contribution in [2.75, 3.05) is 6.61 Å². The number of nitrogens with zero attached hydrogens (tertiary/aromatic N) is 4. The van der Waals surface area contributed by atoms with Crippen LogP contribution >= 0.6 is 11.3 Å². The number of hydrogen-bond acceptors (Lipinski definition) is 8. The molecule has 0 amide bonds. The monoisotopic (exact) mass is 614 g/mol. The van der Waals surface area contributed by atoms with E-state index < -0.39 is 16.9 Å². The molecule has 2 aromatic carbocycles. The van der Waals surface area contributed by atoms with E-state index in [0.29, 0.717) is 26.3 Å². The summed E-state index contributed by atoms with van der Waals surface area (Å²) >= 11 is 1.25. The number of thiazole rings is 1. The third kappa shape index (κ3) is 5.50. The first-order valence-electron chi connectivity index (χ1n) is 14.3. The van der Waals surface area contributed by atoms with Crippen molar-refractivity contribution in [3.8, 4) is 11.4 Å². The number of allylic oxidation sites excluding steroid dienone is 1. The Balaban J connectivity index is 1.70. The van der Waals surface area contributed by atoms with Gasteiger partial charge in [-0.25, -0.2) is 9.79 Å². The Morgan fingerprint density at radius 3 is 2.52 bits per heavy atom. The minimum atomic E-state index is -0.794. The number of hydrogen-bond donors (Lipinski definition) is 0. The number of nitro groups is 1. The van der Waals surface area contributed by atoms with Gasteiger partial charge < -0.3 is 14.0 Å². The summed E-state index contributed by atoms with van der Waals surface area (Å²) in [7, 11) is 0. The zero-order chi connectivity index (χ0) is 31.9. The molecule has 0 aliphatic carbocycles. The van der Waals surface area contributed by atoms with E-state index in [1.807, 2.05) is 75.6 Å². The van der Waals surface area contributed by atoms with Crippen LogP contribution in [0.4, 0.5) is 5.69 Å². The van der Waals surface area contributed by atoms with E-state index in [1.54, 1.807) is 30.5 Å². The van der Waals surface area contributed by atoms with Crippen LogP contribution in [0.2, 0.25) is 0 Å². The van der Waals surface area contributed by atoms with E-state index in [-0.39, 0.29) is 29.5 Å². The molecule has 11 heteroatoms. The van der Waals surface area contributed by atoms with Crippen LogP contribution in [0.15, 0.2) is 69.6 Å². The third-order valence-electron chi connectivity index (χ3n) is 7.48. The van der Waals surface area contributed by atoms with E-state index in [0.717, 1.165) is 28.2 Å². The quantitative estimate of drug-likeness (QED) is 0.153. The predicted octanol–water partition coefficient (Wildman–Crippen LogP) is 5.21. The first-order valence-corrected chi connectivity index (χ1v) is 15.1. The number of esters is 1. The molecule has 2 aromatic heterocycles. The van der Waals surface area contributed by atoms with Crippen molar-refractivity contribution in [1.82, 2.24) is 9.13 Å². The topological polar surface area (TPSA) is 118 Å². The summed E-state index contributed by atoms with van der Waals surface area (Å²) in [5.74, 6) is 0.0370. The second-order valence-electron chi connectivity index (χ2n) is 10.9. The lowest BCUT2D eigenvalue weighted by molar-refractivity contribution is -0.384. The second-order valence-corrected chi connectivity index (χ2v) is 11.9.